The number of carbonyl (C=O) groups is 2. The van der Waals surface area contributed by atoms with Crippen molar-refractivity contribution in [3.8, 4) is 5.69 Å². The van der Waals surface area contributed by atoms with Crippen LogP contribution in [0.3, 0.4) is 0 Å². The van der Waals surface area contributed by atoms with Gasteiger partial charge in [-0.3, -0.25) is 9.59 Å². The van der Waals surface area contributed by atoms with Crippen molar-refractivity contribution in [2.75, 3.05) is 18.4 Å². The van der Waals surface area contributed by atoms with E-state index in [1.54, 1.807) is 9.58 Å². The van der Waals surface area contributed by atoms with E-state index >= 15 is 0 Å². The normalized spacial score (nSPS) is 13.9. The van der Waals surface area contributed by atoms with Crippen molar-refractivity contribution >= 4 is 17.6 Å². The molecule has 1 saturated carbocycles. The van der Waals surface area contributed by atoms with Gasteiger partial charge in [0.15, 0.2) is 0 Å². The highest BCUT2D eigenvalue weighted by atomic mass is 16.2. The molecule has 1 aromatic carbocycles. The van der Waals surface area contributed by atoms with E-state index in [1.165, 1.54) is 0 Å². The summed E-state index contributed by atoms with van der Waals surface area (Å²) in [6.07, 6.45) is 3.78. The number of carbonyl (C=O) groups excluding carboxylic acids is 2. The third-order valence-corrected chi connectivity index (χ3v) is 5.35. The first kappa shape index (κ1) is 22.1. The molecule has 30 heavy (non-hydrogen) atoms. The predicted molar refractivity (Wildman–Crippen MR) is 120 cm³/mol. The molecule has 1 N–H and O–H groups in total. The van der Waals surface area contributed by atoms with Crippen molar-refractivity contribution in [1.29, 1.82) is 0 Å². The van der Waals surface area contributed by atoms with Crippen LogP contribution in [-0.4, -0.2) is 39.6 Å². The topological polar surface area (TPSA) is 67.2 Å². The number of aromatic nitrogens is 2. The van der Waals surface area contributed by atoms with Gasteiger partial charge in [-0.2, -0.15) is 5.10 Å². The summed E-state index contributed by atoms with van der Waals surface area (Å²) < 4.78 is 1.78. The minimum absolute atomic E-state index is 0.0825. The quantitative estimate of drug-likeness (QED) is 0.699. The number of nitrogens with one attached hydrogen (secondary N) is 1. The summed E-state index contributed by atoms with van der Waals surface area (Å²) in [7, 11) is 0. The molecule has 162 valence electrons. The molecule has 0 saturated heterocycles. The molecule has 3 rings (SSSR count). The molecule has 0 bridgehead atoms. The number of unbranched alkanes of at least 4 members (excludes halogenated alkanes) is 1. The van der Waals surface area contributed by atoms with Crippen LogP contribution in [0.2, 0.25) is 0 Å². The lowest BCUT2D eigenvalue weighted by molar-refractivity contribution is -0.135. The highest BCUT2D eigenvalue weighted by Crippen LogP contribution is 2.31. The molecule has 1 aliphatic carbocycles. The average molecular weight is 411 g/mol. The Balaban J connectivity index is 1.82. The van der Waals surface area contributed by atoms with Gasteiger partial charge in [0.05, 0.1) is 17.9 Å². The first-order valence-electron chi connectivity index (χ1n) is 10.9. The molecule has 1 fully saturated rings. The highest BCUT2D eigenvalue weighted by Gasteiger charge is 2.34. The zero-order chi connectivity index (χ0) is 21.9. The Morgan fingerprint density at radius 2 is 1.97 bits per heavy atom. The van der Waals surface area contributed by atoms with Gasteiger partial charge >= 0.3 is 0 Å². The summed E-state index contributed by atoms with van der Waals surface area (Å²) in [5, 5.41) is 7.78. The molecule has 1 aliphatic rings. The SMILES string of the molecule is CCCCN(CC(=O)Nc1cc(C(C)(C)C)nn1-c1cccc(C)c1)C(=O)C1CC1. The minimum atomic E-state index is -0.186. The molecule has 2 amide bonds. The van der Waals surface area contributed by atoms with Crippen molar-refractivity contribution in [3.63, 3.8) is 0 Å². The van der Waals surface area contributed by atoms with Gasteiger partial charge in [-0.1, -0.05) is 46.2 Å². The van der Waals surface area contributed by atoms with Gasteiger partial charge < -0.3 is 10.2 Å². The van der Waals surface area contributed by atoms with Crippen molar-refractivity contribution in [1.82, 2.24) is 14.7 Å². The van der Waals surface area contributed by atoms with E-state index in [-0.39, 0.29) is 29.7 Å². The zero-order valence-electron chi connectivity index (χ0n) is 18.9. The molecule has 0 atom stereocenters. The number of anilines is 1. The van der Waals surface area contributed by atoms with Crippen LogP contribution in [0.1, 0.15) is 64.6 Å². The molecule has 6 nitrogen and oxygen atoms in total. The third-order valence-electron chi connectivity index (χ3n) is 5.35. The predicted octanol–water partition coefficient (Wildman–Crippen LogP) is 4.46. The maximum atomic E-state index is 12.9. The van der Waals surface area contributed by atoms with Crippen LogP contribution < -0.4 is 5.32 Å². The van der Waals surface area contributed by atoms with E-state index in [4.69, 9.17) is 5.10 Å². The van der Waals surface area contributed by atoms with Crippen LogP contribution in [0.4, 0.5) is 5.82 Å². The molecule has 0 unspecified atom stereocenters. The third kappa shape index (κ3) is 5.49. The first-order valence-corrected chi connectivity index (χ1v) is 10.9. The van der Waals surface area contributed by atoms with E-state index in [9.17, 15) is 9.59 Å². The molecule has 6 heteroatoms. The average Bonchev–Trinajstić information content (AvgIpc) is 3.44. The van der Waals surface area contributed by atoms with Crippen LogP contribution in [-0.2, 0) is 15.0 Å². The van der Waals surface area contributed by atoms with Gasteiger partial charge in [0.25, 0.3) is 0 Å². The van der Waals surface area contributed by atoms with Crippen LogP contribution >= 0.6 is 0 Å². The van der Waals surface area contributed by atoms with Crippen molar-refractivity contribution in [3.05, 3.63) is 41.6 Å². The van der Waals surface area contributed by atoms with Gasteiger partial charge in [0.1, 0.15) is 5.82 Å². The van der Waals surface area contributed by atoms with Crippen LogP contribution in [0.15, 0.2) is 30.3 Å². The summed E-state index contributed by atoms with van der Waals surface area (Å²) in [4.78, 5) is 27.2. The lowest BCUT2D eigenvalue weighted by Crippen LogP contribution is -2.39. The van der Waals surface area contributed by atoms with Gasteiger partial charge in [-0.25, -0.2) is 4.68 Å². The van der Waals surface area contributed by atoms with Crippen LogP contribution in [0.5, 0.6) is 0 Å². The van der Waals surface area contributed by atoms with E-state index < -0.39 is 0 Å². The van der Waals surface area contributed by atoms with E-state index in [0.29, 0.717) is 12.4 Å². The largest absolute Gasteiger partial charge is 0.333 e. The fourth-order valence-corrected chi connectivity index (χ4v) is 3.35. The second kappa shape index (κ2) is 9.02. The van der Waals surface area contributed by atoms with E-state index in [0.717, 1.165) is 42.6 Å². The number of amides is 2. The molecule has 0 spiro atoms. The van der Waals surface area contributed by atoms with Gasteiger partial charge in [0, 0.05) is 23.9 Å². The summed E-state index contributed by atoms with van der Waals surface area (Å²) >= 11 is 0. The fourth-order valence-electron chi connectivity index (χ4n) is 3.35. The highest BCUT2D eigenvalue weighted by molar-refractivity contribution is 5.94. The number of hydrogen-bond acceptors (Lipinski definition) is 3. The molecule has 1 aromatic heterocycles. The molecule has 1 heterocycles. The zero-order valence-corrected chi connectivity index (χ0v) is 18.9. The Morgan fingerprint density at radius 1 is 1.23 bits per heavy atom. The first-order chi connectivity index (χ1) is 14.2. The lowest BCUT2D eigenvalue weighted by atomic mass is 9.92. The second-order valence-electron chi connectivity index (χ2n) is 9.35. The van der Waals surface area contributed by atoms with E-state index in [1.807, 2.05) is 37.3 Å². The minimum Gasteiger partial charge on any atom is -0.333 e. The fraction of sp³-hybridized carbons (Fsp3) is 0.542. The number of rotatable bonds is 8. The van der Waals surface area contributed by atoms with Crippen molar-refractivity contribution in [2.45, 2.75) is 65.7 Å². The lowest BCUT2D eigenvalue weighted by Gasteiger charge is -2.22. The number of benzene rings is 1. The smallest absolute Gasteiger partial charge is 0.245 e. The molecule has 2 aromatic rings. The summed E-state index contributed by atoms with van der Waals surface area (Å²) in [5.74, 6) is 0.667. The second-order valence-corrected chi connectivity index (χ2v) is 9.35. The Kier molecular flexibility index (Phi) is 6.64. The Hall–Kier alpha value is -2.63. The van der Waals surface area contributed by atoms with Gasteiger partial charge in [-0.15, -0.1) is 0 Å². The van der Waals surface area contributed by atoms with Gasteiger partial charge in [-0.05, 0) is 43.9 Å². The Labute approximate surface area is 179 Å². The van der Waals surface area contributed by atoms with Gasteiger partial charge in [0.2, 0.25) is 11.8 Å². The number of hydrogen-bond donors (Lipinski definition) is 1. The molecule has 0 radical (unpaired) electrons. The van der Waals surface area contributed by atoms with Crippen molar-refractivity contribution in [2.24, 2.45) is 5.92 Å². The number of nitrogens with zero attached hydrogens (tertiary/aromatic N) is 3. The Morgan fingerprint density at radius 3 is 2.57 bits per heavy atom. The molecular formula is C24H34N4O2. The number of aryl methyl sites for hydroxylation is 1. The van der Waals surface area contributed by atoms with E-state index in [2.05, 4.69) is 33.0 Å². The Bertz CT molecular complexity index is 906. The maximum absolute atomic E-state index is 12.9. The standard InChI is InChI=1S/C24H34N4O2/c1-6-7-13-27(23(30)18-11-12-18)16-22(29)25-21-15-20(24(3,4)5)26-28(21)19-10-8-9-17(2)14-19/h8-10,14-15,18H,6-7,11-13,16H2,1-5H3,(H,25,29). The maximum Gasteiger partial charge on any atom is 0.245 e. The molecular weight excluding hydrogens is 376 g/mol. The van der Waals surface area contributed by atoms with Crippen molar-refractivity contribution < 1.29 is 9.59 Å². The summed E-state index contributed by atoms with van der Waals surface area (Å²) in [6, 6.07) is 9.96. The monoisotopic (exact) mass is 410 g/mol. The van der Waals surface area contributed by atoms with Crippen LogP contribution in [0, 0.1) is 12.8 Å². The summed E-state index contributed by atoms with van der Waals surface area (Å²) in [5.41, 5.74) is 2.77. The summed E-state index contributed by atoms with van der Waals surface area (Å²) in [6.45, 7) is 11.1. The molecule has 0 aliphatic heterocycles. The van der Waals surface area contributed by atoms with Crippen LogP contribution in [0.25, 0.3) is 5.69 Å².